The third kappa shape index (κ3) is 5.45. The second-order valence-electron chi connectivity index (χ2n) is 5.95. The fourth-order valence-electron chi connectivity index (χ4n) is 2.55. The average Bonchev–Trinajstić information content (AvgIpc) is 2.66. The highest BCUT2D eigenvalue weighted by Gasteiger charge is 2.25. The van der Waals surface area contributed by atoms with Gasteiger partial charge in [-0.2, -0.15) is 4.31 Å². The summed E-state index contributed by atoms with van der Waals surface area (Å²) < 4.78 is 31.7. The zero-order valence-corrected chi connectivity index (χ0v) is 17.0. The summed E-state index contributed by atoms with van der Waals surface area (Å²) in [6.07, 6.45) is 0. The molecule has 0 aliphatic carbocycles. The molecule has 1 unspecified atom stereocenters. The number of benzene rings is 2. The van der Waals surface area contributed by atoms with Gasteiger partial charge in [-0.25, -0.2) is 8.42 Å². The minimum atomic E-state index is -3.78. The molecule has 2 aromatic rings. The first-order valence-electron chi connectivity index (χ1n) is 8.47. The number of hydrogen-bond donors (Lipinski definition) is 1. The Labute approximate surface area is 165 Å². The number of nitrogens with zero attached hydrogens (tertiary/aromatic N) is 1. The van der Waals surface area contributed by atoms with Crippen LogP contribution in [0.3, 0.4) is 0 Å². The molecule has 0 aliphatic heterocycles. The van der Waals surface area contributed by atoms with Crippen LogP contribution in [0.4, 0.5) is 0 Å². The van der Waals surface area contributed by atoms with Crippen molar-refractivity contribution in [1.82, 2.24) is 9.62 Å². The van der Waals surface area contributed by atoms with Crippen molar-refractivity contribution in [3.05, 3.63) is 59.1 Å². The monoisotopic (exact) mass is 410 g/mol. The molecule has 1 atom stereocenters. The second-order valence-corrected chi connectivity index (χ2v) is 8.32. The van der Waals surface area contributed by atoms with Gasteiger partial charge in [0.25, 0.3) is 0 Å². The number of sulfonamides is 1. The van der Waals surface area contributed by atoms with Gasteiger partial charge < -0.3 is 10.1 Å². The van der Waals surface area contributed by atoms with E-state index in [9.17, 15) is 13.2 Å². The smallest absolute Gasteiger partial charge is 0.243 e. The summed E-state index contributed by atoms with van der Waals surface area (Å²) in [5, 5.41) is 3.27. The van der Waals surface area contributed by atoms with Crippen LogP contribution >= 0.6 is 11.6 Å². The number of likely N-dealkylation sites (N-methyl/N-ethyl adjacent to an activating group) is 1. The van der Waals surface area contributed by atoms with Crippen molar-refractivity contribution >= 4 is 27.5 Å². The Bertz CT molecular complexity index is 868. The molecule has 1 amide bonds. The zero-order chi connectivity index (χ0) is 20.0. The van der Waals surface area contributed by atoms with Gasteiger partial charge in [-0.1, -0.05) is 30.7 Å². The van der Waals surface area contributed by atoms with Crippen LogP contribution in [0.5, 0.6) is 5.75 Å². The predicted molar refractivity (Wildman–Crippen MR) is 105 cm³/mol. The molecular weight excluding hydrogens is 388 g/mol. The van der Waals surface area contributed by atoms with Gasteiger partial charge in [0.2, 0.25) is 15.9 Å². The Morgan fingerprint density at radius 3 is 2.26 bits per heavy atom. The van der Waals surface area contributed by atoms with Crippen molar-refractivity contribution in [3.8, 4) is 5.75 Å². The number of carbonyl (C=O) groups excluding carboxylic acids is 1. The molecular formula is C19H23ClN2O4S. The fraction of sp³-hybridized carbons (Fsp3) is 0.316. The highest BCUT2D eigenvalue weighted by atomic mass is 35.5. The van der Waals surface area contributed by atoms with Crippen LogP contribution in [-0.2, 0) is 14.8 Å². The number of carbonyl (C=O) groups is 1. The summed E-state index contributed by atoms with van der Waals surface area (Å²) in [7, 11) is -2.19. The second kappa shape index (κ2) is 9.21. The van der Waals surface area contributed by atoms with Crippen molar-refractivity contribution in [3.63, 3.8) is 0 Å². The molecule has 0 heterocycles. The summed E-state index contributed by atoms with van der Waals surface area (Å²) >= 11 is 5.81. The van der Waals surface area contributed by atoms with Crippen LogP contribution < -0.4 is 10.1 Å². The van der Waals surface area contributed by atoms with Gasteiger partial charge in [-0.15, -0.1) is 0 Å². The normalized spacial score (nSPS) is 12.6. The molecule has 2 aromatic carbocycles. The van der Waals surface area contributed by atoms with Crippen LogP contribution in [0, 0.1) is 0 Å². The molecule has 0 bridgehead atoms. The van der Waals surface area contributed by atoms with E-state index < -0.39 is 10.0 Å². The highest BCUT2D eigenvalue weighted by Crippen LogP contribution is 2.19. The molecule has 2 rings (SSSR count). The Hall–Kier alpha value is -2.09. The average molecular weight is 411 g/mol. The molecule has 0 aromatic heterocycles. The van der Waals surface area contributed by atoms with E-state index in [-0.39, 0.29) is 29.9 Å². The SMILES string of the molecule is CCN(CC(=O)NC(C)c1ccc(OC)cc1)S(=O)(=O)c1ccc(Cl)cc1. The maximum atomic E-state index is 12.7. The van der Waals surface area contributed by atoms with Crippen LogP contribution in [0.1, 0.15) is 25.5 Å². The maximum absolute atomic E-state index is 12.7. The molecule has 0 fully saturated rings. The number of ether oxygens (including phenoxy) is 1. The van der Waals surface area contributed by atoms with Crippen molar-refractivity contribution in [2.24, 2.45) is 0 Å². The van der Waals surface area contributed by atoms with Crippen LogP contribution in [0.15, 0.2) is 53.4 Å². The fourth-order valence-corrected chi connectivity index (χ4v) is 4.08. The third-order valence-electron chi connectivity index (χ3n) is 4.12. The number of methoxy groups -OCH3 is 1. The number of amides is 1. The van der Waals surface area contributed by atoms with E-state index in [0.29, 0.717) is 5.02 Å². The van der Waals surface area contributed by atoms with E-state index in [2.05, 4.69) is 5.32 Å². The van der Waals surface area contributed by atoms with Crippen molar-refractivity contribution < 1.29 is 17.9 Å². The van der Waals surface area contributed by atoms with Gasteiger partial charge in [0.05, 0.1) is 24.6 Å². The van der Waals surface area contributed by atoms with Gasteiger partial charge in [0, 0.05) is 11.6 Å². The molecule has 0 aliphatic rings. The lowest BCUT2D eigenvalue weighted by molar-refractivity contribution is -0.121. The highest BCUT2D eigenvalue weighted by molar-refractivity contribution is 7.89. The number of nitrogens with one attached hydrogen (secondary N) is 1. The van der Waals surface area contributed by atoms with E-state index >= 15 is 0 Å². The van der Waals surface area contributed by atoms with E-state index in [1.165, 1.54) is 24.3 Å². The summed E-state index contributed by atoms with van der Waals surface area (Å²) in [5.41, 5.74) is 0.896. The predicted octanol–water partition coefficient (Wildman–Crippen LogP) is 3.24. The van der Waals surface area contributed by atoms with E-state index in [0.717, 1.165) is 15.6 Å². The van der Waals surface area contributed by atoms with Crippen LogP contribution in [-0.4, -0.2) is 38.8 Å². The Kier molecular flexibility index (Phi) is 7.24. The van der Waals surface area contributed by atoms with Crippen molar-refractivity contribution in [1.29, 1.82) is 0 Å². The van der Waals surface area contributed by atoms with Crippen molar-refractivity contribution in [2.45, 2.75) is 24.8 Å². The zero-order valence-electron chi connectivity index (χ0n) is 15.5. The van der Waals surface area contributed by atoms with E-state index in [1.54, 1.807) is 26.2 Å². The molecule has 1 N–H and O–H groups in total. The summed E-state index contributed by atoms with van der Waals surface area (Å²) in [6.45, 7) is 3.44. The Morgan fingerprint density at radius 2 is 1.74 bits per heavy atom. The van der Waals surface area contributed by atoms with E-state index in [1.807, 2.05) is 19.1 Å². The Balaban J connectivity index is 2.06. The van der Waals surface area contributed by atoms with E-state index in [4.69, 9.17) is 16.3 Å². The summed E-state index contributed by atoms with van der Waals surface area (Å²) in [6, 6.07) is 12.9. The lowest BCUT2D eigenvalue weighted by Crippen LogP contribution is -2.41. The number of hydrogen-bond acceptors (Lipinski definition) is 4. The first-order valence-corrected chi connectivity index (χ1v) is 10.3. The van der Waals surface area contributed by atoms with Crippen LogP contribution in [0.25, 0.3) is 0 Å². The van der Waals surface area contributed by atoms with Crippen LogP contribution in [0.2, 0.25) is 5.02 Å². The lowest BCUT2D eigenvalue weighted by atomic mass is 10.1. The number of halogens is 1. The summed E-state index contributed by atoms with van der Waals surface area (Å²) in [4.78, 5) is 12.5. The minimum Gasteiger partial charge on any atom is -0.497 e. The first kappa shape index (κ1) is 21.2. The topological polar surface area (TPSA) is 75.7 Å². The van der Waals surface area contributed by atoms with Gasteiger partial charge in [0.15, 0.2) is 0 Å². The van der Waals surface area contributed by atoms with Gasteiger partial charge in [-0.05, 0) is 48.9 Å². The molecule has 0 spiro atoms. The minimum absolute atomic E-state index is 0.102. The molecule has 0 saturated heterocycles. The molecule has 8 heteroatoms. The molecule has 27 heavy (non-hydrogen) atoms. The van der Waals surface area contributed by atoms with Gasteiger partial charge in [0.1, 0.15) is 5.75 Å². The Morgan fingerprint density at radius 1 is 1.15 bits per heavy atom. The van der Waals surface area contributed by atoms with Gasteiger partial charge >= 0.3 is 0 Å². The molecule has 146 valence electrons. The molecule has 0 radical (unpaired) electrons. The first-order chi connectivity index (χ1) is 12.8. The third-order valence-corrected chi connectivity index (χ3v) is 6.30. The quantitative estimate of drug-likeness (QED) is 0.724. The molecule has 6 nitrogen and oxygen atoms in total. The summed E-state index contributed by atoms with van der Waals surface area (Å²) in [5.74, 6) is 0.348. The largest absolute Gasteiger partial charge is 0.497 e. The van der Waals surface area contributed by atoms with Gasteiger partial charge in [-0.3, -0.25) is 4.79 Å². The van der Waals surface area contributed by atoms with Crippen molar-refractivity contribution in [2.75, 3.05) is 20.2 Å². The molecule has 0 saturated carbocycles. The maximum Gasteiger partial charge on any atom is 0.243 e. The standard InChI is InChI=1S/C19H23ClN2O4S/c1-4-22(27(24,25)18-11-7-16(20)8-12-18)13-19(23)21-14(2)15-5-9-17(26-3)10-6-15/h5-12,14H,4,13H2,1-3H3,(H,21,23). The number of rotatable bonds is 8. The lowest BCUT2D eigenvalue weighted by Gasteiger charge is -2.22.